The van der Waals surface area contributed by atoms with Crippen LogP contribution in [-0.4, -0.2) is 28.3 Å². The van der Waals surface area contributed by atoms with E-state index in [0.29, 0.717) is 0 Å². The first-order valence-corrected chi connectivity index (χ1v) is 14.4. The topological polar surface area (TPSA) is 244 Å². The van der Waals surface area contributed by atoms with Crippen LogP contribution in [0.3, 0.4) is 0 Å². The number of aromatic nitrogens is 2. The summed E-state index contributed by atoms with van der Waals surface area (Å²) in [6.07, 6.45) is -0.857. The Morgan fingerprint density at radius 3 is 2.65 bits per heavy atom. The van der Waals surface area contributed by atoms with Gasteiger partial charge in [0.1, 0.15) is 6.23 Å². The maximum Gasteiger partial charge on any atom is 0.330 e. The fraction of sp³-hybridized carbons (Fsp3) is 0.600. The van der Waals surface area contributed by atoms with Crippen molar-refractivity contribution in [3.8, 4) is 0 Å². The van der Waals surface area contributed by atoms with Crippen molar-refractivity contribution in [2.75, 3.05) is 6.61 Å². The third kappa shape index (κ3) is 7.91. The molecule has 2 heterocycles. The predicted octanol–water partition coefficient (Wildman–Crippen LogP) is -1.07. The lowest BCUT2D eigenvalue weighted by Crippen LogP contribution is -2.33. The highest BCUT2D eigenvalue weighted by Crippen LogP contribution is 2.63. The minimum absolute atomic E-state index is 0.0245. The molecule has 1 aromatic rings. The van der Waals surface area contributed by atoms with Crippen molar-refractivity contribution in [3.63, 3.8) is 0 Å². The fourth-order valence-electron chi connectivity index (χ4n) is 2.47. The highest BCUT2D eigenvalue weighted by atomic mass is 32.9. The molecule has 16 nitrogen and oxygen atoms in total. The molecule has 174 valence electrons. The van der Waals surface area contributed by atoms with Crippen LogP contribution >= 0.6 is 21.3 Å². The number of ether oxygens (including phenoxy) is 1. The molecular weight excluding hydrogens is 523 g/mol. The van der Waals surface area contributed by atoms with Crippen molar-refractivity contribution in [2.24, 2.45) is 5.11 Å². The molecule has 0 aromatic carbocycles. The number of H-pyrrole nitrogens is 1. The predicted molar refractivity (Wildman–Crippen MR) is 103 cm³/mol. The summed E-state index contributed by atoms with van der Waals surface area (Å²) < 4.78 is 41.0. The summed E-state index contributed by atoms with van der Waals surface area (Å²) in [5.41, 5.74) is 3.42. The van der Waals surface area contributed by atoms with Crippen molar-refractivity contribution in [2.45, 2.75) is 31.7 Å². The minimum Gasteiger partial charge on any atom is -0.790 e. The van der Waals surface area contributed by atoms with Gasteiger partial charge in [0, 0.05) is 23.1 Å². The Kier molecular flexibility index (Phi) is 8.50. The smallest absolute Gasteiger partial charge is 0.330 e. The first-order valence-electron chi connectivity index (χ1n) is 7.85. The lowest BCUT2D eigenvalue weighted by atomic mass is 10.1. The molecule has 0 amide bonds. The molecule has 1 aliphatic heterocycles. The van der Waals surface area contributed by atoms with Crippen LogP contribution in [0.1, 0.15) is 18.2 Å². The van der Waals surface area contributed by atoms with Crippen LogP contribution < -0.4 is 25.9 Å². The summed E-state index contributed by atoms with van der Waals surface area (Å²) in [7, 11) is -11.7. The zero-order valence-electron chi connectivity index (χ0n) is 15.2. The zero-order valence-corrected chi connectivity index (χ0v) is 19.5. The summed E-state index contributed by atoms with van der Waals surface area (Å²) >= 11 is 9.35. The van der Waals surface area contributed by atoms with E-state index in [1.165, 1.54) is 13.1 Å². The summed E-state index contributed by atoms with van der Waals surface area (Å²) in [4.78, 5) is 60.6. The number of phosphoric acid groups is 2. The van der Waals surface area contributed by atoms with Gasteiger partial charge in [0.2, 0.25) is 0 Å². The number of aromatic amines is 1. The zero-order chi connectivity index (χ0) is 23.6. The molecule has 0 spiro atoms. The first kappa shape index (κ1) is 26.4. The van der Waals surface area contributed by atoms with E-state index in [9.17, 15) is 33.4 Å². The van der Waals surface area contributed by atoms with E-state index in [2.05, 4.69) is 47.7 Å². The maximum absolute atomic E-state index is 12.0. The number of azide groups is 1. The van der Waals surface area contributed by atoms with Crippen molar-refractivity contribution >= 4 is 45.4 Å². The van der Waals surface area contributed by atoms with Gasteiger partial charge in [-0.15, -0.1) is 0 Å². The van der Waals surface area contributed by atoms with Crippen LogP contribution in [0, 0.1) is 6.92 Å². The van der Waals surface area contributed by atoms with Crippen molar-refractivity contribution in [1.29, 1.82) is 0 Å². The molecule has 2 rings (SSSR count). The molecule has 1 aliphatic rings. The highest BCUT2D eigenvalue weighted by molar-refractivity contribution is 8.52. The second-order valence-electron chi connectivity index (χ2n) is 5.92. The number of rotatable bonds is 9. The van der Waals surface area contributed by atoms with E-state index >= 15 is 0 Å². The van der Waals surface area contributed by atoms with E-state index in [1.54, 1.807) is 0 Å². The van der Waals surface area contributed by atoms with Gasteiger partial charge in [-0.1, -0.05) is 16.9 Å². The maximum atomic E-state index is 12.0. The highest BCUT2D eigenvalue weighted by Gasteiger charge is 2.37. The second-order valence-corrected chi connectivity index (χ2v) is 13.7. The van der Waals surface area contributed by atoms with E-state index in [4.69, 9.17) is 14.8 Å². The lowest BCUT2D eigenvalue weighted by Gasteiger charge is -2.40. The van der Waals surface area contributed by atoms with Crippen LogP contribution in [-0.2, 0) is 51.1 Å². The lowest BCUT2D eigenvalue weighted by molar-refractivity contribution is -0.339. The van der Waals surface area contributed by atoms with Crippen LogP contribution in [0.4, 0.5) is 0 Å². The van der Waals surface area contributed by atoms with Crippen molar-refractivity contribution < 1.29 is 41.7 Å². The molecule has 21 heteroatoms. The largest absolute Gasteiger partial charge is 0.790 e. The van der Waals surface area contributed by atoms with Crippen LogP contribution in [0.15, 0.2) is 20.9 Å². The molecule has 0 radical (unpaired) electrons. The van der Waals surface area contributed by atoms with E-state index in [0.717, 1.165) is 4.57 Å². The van der Waals surface area contributed by atoms with Crippen molar-refractivity contribution in [3.05, 3.63) is 43.0 Å². The van der Waals surface area contributed by atoms with Crippen LogP contribution in [0.2, 0.25) is 0 Å². The normalized spacial score (nSPS) is 25.4. The standard InChI is InChI=1S/C10H16N5O11P3S2/c1-5-3-15(10(17)12-9(5)16)8-2-6(13-14-11)7(24-8)4-23-29(30,31)26-28(21,22)25-27(18,19)20/h3,6-8H,2,4H2,1H3,(H,21,22)(H,30,31)(H,12,16,17)(H2,18,19,20)/p-4/t6-,7+,8+/m0/s1. The molecule has 5 atom stereocenters. The Bertz CT molecular complexity index is 1140. The fourth-order valence-corrected chi connectivity index (χ4v) is 7.17. The Morgan fingerprint density at radius 1 is 1.42 bits per heavy atom. The molecule has 0 saturated carbocycles. The first-order chi connectivity index (χ1) is 14.1. The molecule has 0 bridgehead atoms. The Balaban J connectivity index is 2.14. The SMILES string of the molecule is Cc1cn([C@H]2C[C@H](N=[N+]=[N-])[C@@H](COP(=S)([S-])OP(=O)([O-])OP(=O)([O-])[O-])O2)c(=O)[nH]c1=O. The Labute approximate surface area is 183 Å². The number of nitrogens with one attached hydrogen (secondary N) is 1. The van der Waals surface area contributed by atoms with E-state index in [1.807, 2.05) is 0 Å². The number of aryl methyl sites for hydroxylation is 1. The summed E-state index contributed by atoms with van der Waals surface area (Å²) in [5.74, 6) is 0. The van der Waals surface area contributed by atoms with Crippen LogP contribution in [0.5, 0.6) is 0 Å². The third-order valence-electron chi connectivity index (χ3n) is 3.66. The number of nitrogens with zero attached hydrogens (tertiary/aromatic N) is 4. The van der Waals surface area contributed by atoms with Gasteiger partial charge in [-0.3, -0.25) is 27.5 Å². The van der Waals surface area contributed by atoms with Crippen LogP contribution in [0.25, 0.3) is 10.4 Å². The van der Waals surface area contributed by atoms with E-state index < -0.39 is 57.6 Å². The molecule has 1 aromatic heterocycles. The van der Waals surface area contributed by atoms with Gasteiger partial charge < -0.3 is 40.8 Å². The van der Waals surface area contributed by atoms with Gasteiger partial charge in [0.05, 0.1) is 32.3 Å². The average Bonchev–Trinajstić information content (AvgIpc) is 2.96. The third-order valence-corrected chi connectivity index (χ3v) is 9.15. The minimum atomic E-state index is -5.95. The molecule has 1 saturated heterocycles. The van der Waals surface area contributed by atoms with Gasteiger partial charge in [-0.2, -0.15) is 0 Å². The van der Waals surface area contributed by atoms with Gasteiger partial charge in [0.15, 0.2) is 0 Å². The molecule has 1 fully saturated rings. The Hall–Kier alpha value is -0.830. The van der Waals surface area contributed by atoms with Crippen molar-refractivity contribution in [1.82, 2.24) is 9.55 Å². The van der Waals surface area contributed by atoms with Gasteiger partial charge in [-0.05, 0) is 12.5 Å². The number of hydrogen-bond acceptors (Lipinski definition) is 14. The molecule has 1 N–H and O–H groups in total. The van der Waals surface area contributed by atoms with Gasteiger partial charge >= 0.3 is 5.69 Å². The monoisotopic (exact) mass is 535 g/mol. The molecule has 2 unspecified atom stereocenters. The Morgan fingerprint density at radius 2 is 2.06 bits per heavy atom. The summed E-state index contributed by atoms with van der Waals surface area (Å²) in [6.45, 7) is 0.871. The quantitative estimate of drug-likeness (QED) is 0.130. The molecule has 31 heavy (non-hydrogen) atoms. The number of hydrogen-bond donors (Lipinski definition) is 1. The summed E-state index contributed by atoms with van der Waals surface area (Å²) in [5, 5.41) is 3.51. The summed E-state index contributed by atoms with van der Waals surface area (Å²) in [6, 6.07) is -0.919. The van der Waals surface area contributed by atoms with Gasteiger partial charge in [0.25, 0.3) is 13.4 Å². The van der Waals surface area contributed by atoms with Gasteiger partial charge in [-0.25, -0.2) is 4.79 Å². The average molecular weight is 535 g/mol. The molecular formula is C10H12N5O11P3S2-4. The molecule has 0 aliphatic carbocycles. The van der Waals surface area contributed by atoms with E-state index in [-0.39, 0.29) is 12.0 Å². The second kappa shape index (κ2) is 9.98.